The lowest BCUT2D eigenvalue weighted by molar-refractivity contribution is -0.272. The highest BCUT2D eigenvalue weighted by molar-refractivity contribution is 7.18. The molecular formula is C22H14F3NOS. The van der Waals surface area contributed by atoms with Crippen LogP contribution in [0.4, 0.5) is 13.2 Å². The molecule has 5 rings (SSSR count). The number of benzene rings is 3. The van der Waals surface area contributed by atoms with Gasteiger partial charge in [-0.1, -0.05) is 60.7 Å². The normalized spacial score (nSPS) is 16.0. The fraction of sp³-hybridized carbons (Fsp3) is 0.136. The van der Waals surface area contributed by atoms with E-state index in [0.29, 0.717) is 32.5 Å². The number of hydrogen-bond acceptors (Lipinski definition) is 3. The summed E-state index contributed by atoms with van der Waals surface area (Å²) in [6.45, 7) is 0. The second-order valence-electron chi connectivity index (χ2n) is 6.86. The first kappa shape index (κ1) is 17.4. The molecule has 2 nitrogen and oxygen atoms in total. The number of halogens is 3. The Balaban J connectivity index is 1.82. The van der Waals surface area contributed by atoms with E-state index >= 15 is 0 Å². The SMILES string of the molecule is O[C@@](c1nc2ccccc2s1)(C1c2ccccc2-c2ccccc21)C(F)(F)F. The van der Waals surface area contributed by atoms with Crippen molar-refractivity contribution in [2.45, 2.75) is 17.7 Å². The molecule has 1 N–H and O–H groups in total. The van der Waals surface area contributed by atoms with Gasteiger partial charge in [-0.15, -0.1) is 11.3 Å². The summed E-state index contributed by atoms with van der Waals surface area (Å²) in [5.41, 5.74) is -0.326. The molecular weight excluding hydrogens is 383 g/mol. The highest BCUT2D eigenvalue weighted by Gasteiger charge is 2.64. The Morgan fingerprint density at radius 2 is 1.32 bits per heavy atom. The van der Waals surface area contributed by atoms with Crippen molar-refractivity contribution in [2.75, 3.05) is 0 Å². The predicted molar refractivity (Wildman–Crippen MR) is 103 cm³/mol. The van der Waals surface area contributed by atoms with E-state index in [2.05, 4.69) is 4.98 Å². The van der Waals surface area contributed by atoms with Gasteiger partial charge in [-0.3, -0.25) is 0 Å². The average molecular weight is 397 g/mol. The van der Waals surface area contributed by atoms with Gasteiger partial charge in [0.25, 0.3) is 0 Å². The number of alkyl halides is 3. The van der Waals surface area contributed by atoms with Crippen molar-refractivity contribution in [3.63, 3.8) is 0 Å². The van der Waals surface area contributed by atoms with Gasteiger partial charge < -0.3 is 5.11 Å². The second kappa shape index (κ2) is 5.90. The minimum atomic E-state index is -4.91. The van der Waals surface area contributed by atoms with E-state index in [1.165, 1.54) is 0 Å². The first-order valence-corrected chi connectivity index (χ1v) is 9.56. The zero-order chi connectivity index (χ0) is 19.5. The van der Waals surface area contributed by atoms with Crippen molar-refractivity contribution in [2.24, 2.45) is 0 Å². The Morgan fingerprint density at radius 1 is 0.786 bits per heavy atom. The fourth-order valence-corrected chi connectivity index (χ4v) is 5.16. The number of aliphatic hydroxyl groups is 1. The van der Waals surface area contributed by atoms with Crippen LogP contribution in [-0.2, 0) is 5.60 Å². The van der Waals surface area contributed by atoms with Crippen molar-refractivity contribution < 1.29 is 18.3 Å². The van der Waals surface area contributed by atoms with Gasteiger partial charge in [-0.2, -0.15) is 13.2 Å². The van der Waals surface area contributed by atoms with Gasteiger partial charge in [0.15, 0.2) is 0 Å². The first-order valence-electron chi connectivity index (χ1n) is 8.74. The number of aromatic nitrogens is 1. The van der Waals surface area contributed by atoms with Gasteiger partial charge in [0.2, 0.25) is 5.60 Å². The van der Waals surface area contributed by atoms with Gasteiger partial charge in [0, 0.05) is 0 Å². The molecule has 0 bridgehead atoms. The molecule has 1 atom stereocenters. The van der Waals surface area contributed by atoms with Crippen LogP contribution in [0.5, 0.6) is 0 Å². The number of nitrogens with zero attached hydrogens (tertiary/aromatic N) is 1. The van der Waals surface area contributed by atoms with E-state index in [4.69, 9.17) is 0 Å². The zero-order valence-corrected chi connectivity index (χ0v) is 15.3. The van der Waals surface area contributed by atoms with E-state index in [-0.39, 0.29) is 5.01 Å². The maximum Gasteiger partial charge on any atom is 0.424 e. The molecule has 3 aromatic carbocycles. The van der Waals surface area contributed by atoms with Crippen LogP contribution in [0.25, 0.3) is 21.3 Å². The van der Waals surface area contributed by atoms with Crippen LogP contribution < -0.4 is 0 Å². The van der Waals surface area contributed by atoms with Crippen LogP contribution >= 0.6 is 11.3 Å². The van der Waals surface area contributed by atoms with Crippen molar-refractivity contribution in [3.05, 3.63) is 88.9 Å². The van der Waals surface area contributed by atoms with Crippen molar-refractivity contribution in [1.29, 1.82) is 0 Å². The molecule has 0 amide bonds. The molecule has 140 valence electrons. The van der Waals surface area contributed by atoms with Crippen LogP contribution in [0.2, 0.25) is 0 Å². The number of hydrogen-bond donors (Lipinski definition) is 1. The van der Waals surface area contributed by atoms with E-state index in [1.807, 2.05) is 0 Å². The average Bonchev–Trinajstić information content (AvgIpc) is 3.26. The molecule has 0 saturated heterocycles. The molecule has 0 spiro atoms. The number of para-hydroxylation sites is 1. The topological polar surface area (TPSA) is 33.1 Å². The van der Waals surface area contributed by atoms with Crippen LogP contribution in [0.1, 0.15) is 22.1 Å². The summed E-state index contributed by atoms with van der Waals surface area (Å²) in [4.78, 5) is 4.19. The highest BCUT2D eigenvalue weighted by Crippen LogP contribution is 2.58. The number of fused-ring (bicyclic) bond motifs is 4. The predicted octanol–water partition coefficient (Wildman–Crippen LogP) is 5.86. The summed E-state index contributed by atoms with van der Waals surface area (Å²) in [7, 11) is 0. The Kier molecular flexibility index (Phi) is 3.66. The molecule has 6 heteroatoms. The summed E-state index contributed by atoms with van der Waals surface area (Å²) in [6, 6.07) is 20.7. The first-order chi connectivity index (χ1) is 13.4. The molecule has 28 heavy (non-hydrogen) atoms. The molecule has 0 saturated carbocycles. The molecule has 0 aliphatic heterocycles. The molecule has 0 radical (unpaired) electrons. The zero-order valence-electron chi connectivity index (χ0n) is 14.4. The summed E-state index contributed by atoms with van der Waals surface area (Å²) in [6.07, 6.45) is -4.91. The van der Waals surface area contributed by atoms with E-state index < -0.39 is 17.7 Å². The van der Waals surface area contributed by atoms with Gasteiger partial charge >= 0.3 is 6.18 Å². The quantitative estimate of drug-likeness (QED) is 0.460. The Bertz CT molecular complexity index is 1120. The molecule has 1 aromatic heterocycles. The Hall–Kier alpha value is -2.70. The van der Waals surface area contributed by atoms with E-state index in [1.54, 1.807) is 72.8 Å². The third-order valence-electron chi connectivity index (χ3n) is 5.30. The second-order valence-corrected chi connectivity index (χ2v) is 7.89. The Labute approximate surface area is 162 Å². The van der Waals surface area contributed by atoms with Crippen LogP contribution in [0.3, 0.4) is 0 Å². The smallest absolute Gasteiger partial charge is 0.374 e. The molecule has 0 unspecified atom stereocenters. The van der Waals surface area contributed by atoms with Gasteiger partial charge in [0.05, 0.1) is 16.1 Å². The fourth-order valence-electron chi connectivity index (χ4n) is 4.05. The lowest BCUT2D eigenvalue weighted by Gasteiger charge is -2.35. The molecule has 0 fully saturated rings. The highest BCUT2D eigenvalue weighted by atomic mass is 32.1. The number of thiazole rings is 1. The Morgan fingerprint density at radius 3 is 1.89 bits per heavy atom. The molecule has 1 heterocycles. The maximum atomic E-state index is 14.5. The summed E-state index contributed by atoms with van der Waals surface area (Å²) < 4.78 is 44.0. The molecule has 1 aliphatic carbocycles. The monoisotopic (exact) mass is 397 g/mol. The molecule has 1 aliphatic rings. The third-order valence-corrected chi connectivity index (χ3v) is 6.46. The minimum absolute atomic E-state index is 0.335. The standard InChI is InChI=1S/C22H14F3NOS/c23-22(24,25)21(27,20-26-17-11-5-6-12-18(17)28-20)19-15-9-3-1-7-13(15)14-8-2-4-10-16(14)19/h1-12,19,27H/t21-/m1/s1. The summed E-state index contributed by atoms with van der Waals surface area (Å²) >= 11 is 0.886. The molecule has 4 aromatic rings. The maximum absolute atomic E-state index is 14.5. The van der Waals surface area contributed by atoms with Gasteiger partial charge in [-0.05, 0) is 34.4 Å². The van der Waals surface area contributed by atoms with Crippen LogP contribution in [-0.4, -0.2) is 16.3 Å². The van der Waals surface area contributed by atoms with Crippen LogP contribution in [0.15, 0.2) is 72.8 Å². The third kappa shape index (κ3) is 2.28. The lowest BCUT2D eigenvalue weighted by atomic mass is 9.80. The lowest BCUT2D eigenvalue weighted by Crippen LogP contribution is -2.47. The van der Waals surface area contributed by atoms with Gasteiger partial charge in [-0.25, -0.2) is 4.98 Å². The van der Waals surface area contributed by atoms with E-state index in [0.717, 1.165) is 11.3 Å². The minimum Gasteiger partial charge on any atom is -0.374 e. The van der Waals surface area contributed by atoms with Crippen molar-refractivity contribution in [3.8, 4) is 11.1 Å². The van der Waals surface area contributed by atoms with Gasteiger partial charge in [0.1, 0.15) is 5.01 Å². The van der Waals surface area contributed by atoms with Crippen molar-refractivity contribution in [1.82, 2.24) is 4.98 Å². The van der Waals surface area contributed by atoms with Crippen molar-refractivity contribution >= 4 is 21.6 Å². The summed E-state index contributed by atoms with van der Waals surface area (Å²) in [5.74, 6) is -1.28. The van der Waals surface area contributed by atoms with Crippen LogP contribution in [0, 0.1) is 0 Å². The largest absolute Gasteiger partial charge is 0.424 e. The summed E-state index contributed by atoms with van der Waals surface area (Å²) in [5, 5.41) is 11.0. The number of rotatable bonds is 2. The van der Waals surface area contributed by atoms with E-state index in [9.17, 15) is 18.3 Å².